The highest BCUT2D eigenvalue weighted by Gasteiger charge is 2.02. The van der Waals surface area contributed by atoms with Gasteiger partial charge in [0.15, 0.2) is 0 Å². The number of benzene rings is 1. The van der Waals surface area contributed by atoms with E-state index in [1.165, 1.54) is 0 Å². The maximum absolute atomic E-state index is 10.1. The van der Waals surface area contributed by atoms with Gasteiger partial charge in [-0.25, -0.2) is 4.21 Å². The van der Waals surface area contributed by atoms with Crippen molar-refractivity contribution in [2.75, 3.05) is 6.61 Å². The highest BCUT2D eigenvalue weighted by atomic mass is 32.2. The molecule has 1 atom stereocenters. The Hall–Kier alpha value is -1.57. The zero-order valence-corrected chi connectivity index (χ0v) is 10.4. The third kappa shape index (κ3) is 3.73. The summed E-state index contributed by atoms with van der Waals surface area (Å²) in [4.78, 5) is 0. The Morgan fingerprint density at radius 2 is 2.11 bits per heavy atom. The zero-order chi connectivity index (χ0) is 12.8. The van der Waals surface area contributed by atoms with Crippen LogP contribution in [0, 0.1) is 0 Å². The summed E-state index contributed by atoms with van der Waals surface area (Å²) in [6.07, 6.45) is 2.38. The molecule has 2 aromatic rings. The number of rotatable bonds is 6. The molecule has 0 saturated carbocycles. The van der Waals surface area contributed by atoms with Crippen LogP contribution in [0.1, 0.15) is 6.42 Å². The molecule has 1 heterocycles. The molecule has 0 aliphatic heterocycles. The average Bonchev–Trinajstić information content (AvgIpc) is 2.84. The van der Waals surface area contributed by atoms with E-state index < -0.39 is 11.4 Å². The van der Waals surface area contributed by atoms with Crippen molar-refractivity contribution in [2.24, 2.45) is 0 Å². The largest absolute Gasteiger partial charge is 0.750 e. The van der Waals surface area contributed by atoms with E-state index in [1.807, 2.05) is 36.5 Å². The number of hydrogen-bond donors (Lipinski definition) is 0. The first-order valence-corrected chi connectivity index (χ1v) is 6.44. The van der Waals surface area contributed by atoms with E-state index in [0.717, 1.165) is 11.3 Å². The van der Waals surface area contributed by atoms with Crippen LogP contribution < -0.4 is 0 Å². The number of hydrogen-bond acceptors (Lipinski definition) is 5. The fourth-order valence-corrected chi connectivity index (χ4v) is 1.76. The highest BCUT2D eigenvalue weighted by Crippen LogP contribution is 2.14. The summed E-state index contributed by atoms with van der Waals surface area (Å²) in [6.45, 7) is 0.716. The molecule has 0 N–H and O–H groups in total. The molecule has 7 heteroatoms. The summed E-state index contributed by atoms with van der Waals surface area (Å²) in [6, 6.07) is 9.72. The summed E-state index contributed by atoms with van der Waals surface area (Å²) in [5.74, 6) is 0. The molecule has 0 saturated heterocycles. The first kappa shape index (κ1) is 12.9. The first-order valence-electron chi connectivity index (χ1n) is 5.44. The van der Waals surface area contributed by atoms with Crippen LogP contribution in [0.25, 0.3) is 11.3 Å². The molecule has 0 amide bonds. The predicted octanol–water partition coefficient (Wildman–Crippen LogP) is 1.15. The number of nitrogens with zero attached hydrogens (tertiary/aromatic N) is 3. The number of aromatic nitrogens is 3. The SMILES string of the molecule is O=S([O-])OCCCn1cc(-c2ccccc2)nn1. The van der Waals surface area contributed by atoms with Gasteiger partial charge in [0.05, 0.1) is 24.2 Å². The van der Waals surface area contributed by atoms with E-state index in [2.05, 4.69) is 14.5 Å². The molecule has 18 heavy (non-hydrogen) atoms. The van der Waals surface area contributed by atoms with Gasteiger partial charge in [-0.2, -0.15) is 0 Å². The Bertz CT molecular complexity index is 515. The second-order valence-corrected chi connectivity index (χ2v) is 4.26. The Morgan fingerprint density at radius 1 is 1.33 bits per heavy atom. The van der Waals surface area contributed by atoms with Gasteiger partial charge >= 0.3 is 0 Å². The van der Waals surface area contributed by atoms with Crippen molar-refractivity contribution < 1.29 is 12.9 Å². The molecular weight excluding hydrogens is 254 g/mol. The summed E-state index contributed by atoms with van der Waals surface area (Å²) in [5, 5.41) is 8.02. The summed E-state index contributed by atoms with van der Waals surface area (Å²) >= 11 is -2.44. The van der Waals surface area contributed by atoms with Gasteiger partial charge in [-0.15, -0.1) is 5.10 Å². The van der Waals surface area contributed by atoms with E-state index in [4.69, 9.17) is 0 Å². The average molecular weight is 266 g/mol. The molecule has 0 bridgehead atoms. The van der Waals surface area contributed by atoms with Crippen LogP contribution in [0.15, 0.2) is 36.5 Å². The van der Waals surface area contributed by atoms with Crippen molar-refractivity contribution in [3.63, 3.8) is 0 Å². The molecule has 0 aliphatic carbocycles. The first-order chi connectivity index (χ1) is 8.75. The normalized spacial score (nSPS) is 12.5. The maximum atomic E-state index is 10.1. The van der Waals surface area contributed by atoms with E-state index in [9.17, 15) is 8.76 Å². The highest BCUT2D eigenvalue weighted by molar-refractivity contribution is 7.74. The molecule has 2 rings (SSSR count). The van der Waals surface area contributed by atoms with Gasteiger partial charge in [0.2, 0.25) is 0 Å². The summed E-state index contributed by atoms with van der Waals surface area (Å²) < 4.78 is 26.4. The van der Waals surface area contributed by atoms with E-state index >= 15 is 0 Å². The third-order valence-electron chi connectivity index (χ3n) is 2.32. The van der Waals surface area contributed by atoms with Crippen molar-refractivity contribution in [1.29, 1.82) is 0 Å². The van der Waals surface area contributed by atoms with Gasteiger partial charge in [0, 0.05) is 12.1 Å². The lowest BCUT2D eigenvalue weighted by Gasteiger charge is -2.04. The molecular formula is C11H12N3O3S-. The molecule has 96 valence electrons. The summed E-state index contributed by atoms with van der Waals surface area (Å²) in [7, 11) is 0. The Kier molecular flexibility index (Phi) is 4.57. The second-order valence-electron chi connectivity index (χ2n) is 3.61. The van der Waals surface area contributed by atoms with E-state index in [0.29, 0.717) is 13.0 Å². The minimum atomic E-state index is -2.44. The lowest BCUT2D eigenvalue weighted by molar-refractivity contribution is 0.286. The maximum Gasteiger partial charge on any atom is 0.113 e. The quantitative estimate of drug-likeness (QED) is 0.578. The smallest absolute Gasteiger partial charge is 0.113 e. The van der Waals surface area contributed by atoms with Crippen molar-refractivity contribution >= 4 is 11.4 Å². The van der Waals surface area contributed by atoms with Gasteiger partial charge in [0.25, 0.3) is 0 Å². The van der Waals surface area contributed by atoms with E-state index in [1.54, 1.807) is 4.68 Å². The van der Waals surface area contributed by atoms with Crippen molar-refractivity contribution in [3.05, 3.63) is 36.5 Å². The molecule has 1 unspecified atom stereocenters. The summed E-state index contributed by atoms with van der Waals surface area (Å²) in [5.41, 5.74) is 1.80. The lowest BCUT2D eigenvalue weighted by Crippen LogP contribution is -2.04. The van der Waals surface area contributed by atoms with Gasteiger partial charge in [-0.3, -0.25) is 4.68 Å². The molecule has 1 aromatic heterocycles. The predicted molar refractivity (Wildman–Crippen MR) is 64.9 cm³/mol. The topological polar surface area (TPSA) is 80.1 Å². The van der Waals surface area contributed by atoms with Crippen molar-refractivity contribution in [3.8, 4) is 11.3 Å². The van der Waals surface area contributed by atoms with Crippen molar-refractivity contribution in [2.45, 2.75) is 13.0 Å². The fraction of sp³-hybridized carbons (Fsp3) is 0.273. The van der Waals surface area contributed by atoms with Crippen LogP contribution in [0.5, 0.6) is 0 Å². The van der Waals surface area contributed by atoms with Gasteiger partial charge in [-0.1, -0.05) is 35.5 Å². The monoisotopic (exact) mass is 266 g/mol. The Morgan fingerprint density at radius 3 is 2.83 bits per heavy atom. The molecule has 0 radical (unpaired) electrons. The molecule has 0 aliphatic rings. The standard InChI is InChI=1S/C11H13N3O3S/c15-18(16)17-8-4-7-14-9-11(12-13-14)10-5-2-1-3-6-10/h1-3,5-6,9H,4,7-8H2,(H,15,16)/p-1. The van der Waals surface area contributed by atoms with Crippen molar-refractivity contribution in [1.82, 2.24) is 15.0 Å². The van der Waals surface area contributed by atoms with Gasteiger partial charge in [-0.05, 0) is 6.42 Å². The van der Waals surface area contributed by atoms with Crippen LogP contribution in [0.2, 0.25) is 0 Å². The lowest BCUT2D eigenvalue weighted by atomic mass is 10.2. The third-order valence-corrected chi connectivity index (χ3v) is 2.68. The minimum Gasteiger partial charge on any atom is -0.750 e. The molecule has 0 fully saturated rings. The zero-order valence-electron chi connectivity index (χ0n) is 9.56. The Balaban J connectivity index is 1.89. The van der Waals surface area contributed by atoms with Crippen LogP contribution in [-0.2, 0) is 22.1 Å². The van der Waals surface area contributed by atoms with Crippen LogP contribution in [0.3, 0.4) is 0 Å². The Labute approximate surface area is 107 Å². The molecule has 0 spiro atoms. The molecule has 6 nitrogen and oxygen atoms in total. The van der Waals surface area contributed by atoms with Crippen LogP contribution in [-0.4, -0.2) is 30.4 Å². The van der Waals surface area contributed by atoms with Gasteiger partial charge < -0.3 is 8.74 Å². The van der Waals surface area contributed by atoms with E-state index in [-0.39, 0.29) is 6.61 Å². The van der Waals surface area contributed by atoms with Crippen LogP contribution in [0.4, 0.5) is 0 Å². The minimum absolute atomic E-state index is 0.149. The van der Waals surface area contributed by atoms with Gasteiger partial charge in [0.1, 0.15) is 5.69 Å². The molecule has 1 aromatic carbocycles. The number of aryl methyl sites for hydroxylation is 1. The fourth-order valence-electron chi connectivity index (χ4n) is 1.50. The second kappa shape index (κ2) is 6.39. The van der Waals surface area contributed by atoms with Crippen LogP contribution >= 0.6 is 0 Å².